The lowest BCUT2D eigenvalue weighted by atomic mass is 9.94. The summed E-state index contributed by atoms with van der Waals surface area (Å²) >= 11 is 14.0. The molecular formula is C30H26Cl2N2. The van der Waals surface area contributed by atoms with E-state index in [9.17, 15) is 0 Å². The van der Waals surface area contributed by atoms with Gasteiger partial charge in [-0.1, -0.05) is 96.0 Å². The van der Waals surface area contributed by atoms with Gasteiger partial charge in [0.25, 0.3) is 0 Å². The summed E-state index contributed by atoms with van der Waals surface area (Å²) in [5.41, 5.74) is 23.7. The van der Waals surface area contributed by atoms with Crippen molar-refractivity contribution in [3.05, 3.63) is 105 Å². The number of benzene rings is 4. The van der Waals surface area contributed by atoms with Crippen molar-refractivity contribution in [3.63, 3.8) is 0 Å². The molecule has 2 aliphatic rings. The lowest BCUT2D eigenvalue weighted by Crippen LogP contribution is -2.04. The van der Waals surface area contributed by atoms with Gasteiger partial charge in [0.1, 0.15) is 0 Å². The van der Waals surface area contributed by atoms with Crippen LogP contribution in [-0.2, 0) is 12.8 Å². The molecule has 0 aromatic heterocycles. The van der Waals surface area contributed by atoms with E-state index < -0.39 is 0 Å². The number of rotatable bonds is 3. The summed E-state index contributed by atoms with van der Waals surface area (Å²) < 4.78 is 0. The fraction of sp³-hybridized carbons (Fsp3) is 0.200. The normalized spacial score (nSPS) is 18.7. The van der Waals surface area contributed by atoms with Crippen LogP contribution in [0.15, 0.2) is 72.8 Å². The molecule has 4 heteroatoms. The monoisotopic (exact) mass is 484 g/mol. The first kappa shape index (κ1) is 21.9. The molecular weight excluding hydrogens is 459 g/mol. The van der Waals surface area contributed by atoms with Gasteiger partial charge in [-0.2, -0.15) is 0 Å². The van der Waals surface area contributed by atoms with E-state index in [4.69, 9.17) is 34.7 Å². The van der Waals surface area contributed by atoms with E-state index in [1.165, 1.54) is 22.3 Å². The first-order valence-corrected chi connectivity index (χ1v) is 12.6. The van der Waals surface area contributed by atoms with Crippen LogP contribution >= 0.6 is 23.2 Å². The molecule has 2 unspecified atom stereocenters. The van der Waals surface area contributed by atoms with Crippen molar-refractivity contribution in [1.82, 2.24) is 0 Å². The quantitative estimate of drug-likeness (QED) is 0.310. The minimum atomic E-state index is 0.141. The average molecular weight is 485 g/mol. The fourth-order valence-electron chi connectivity index (χ4n) is 5.56. The number of halogens is 2. The fourth-order valence-corrected chi connectivity index (χ4v) is 6.24. The SMILES string of the molecule is NC1CCc2cc(-c3cccc(-c4cccc(-c5ccc6c(c5)CCC6N)c4Cl)c3Cl)ccc21. The number of fused-ring (bicyclic) bond motifs is 2. The van der Waals surface area contributed by atoms with Gasteiger partial charge in [0.05, 0.1) is 10.0 Å². The molecule has 0 amide bonds. The van der Waals surface area contributed by atoms with Gasteiger partial charge in [0, 0.05) is 34.3 Å². The van der Waals surface area contributed by atoms with Crippen LogP contribution in [0.5, 0.6) is 0 Å². The Bertz CT molecular complexity index is 1320. The minimum Gasteiger partial charge on any atom is -0.324 e. The van der Waals surface area contributed by atoms with E-state index >= 15 is 0 Å². The highest BCUT2D eigenvalue weighted by Crippen LogP contribution is 2.44. The second-order valence-electron chi connectivity index (χ2n) is 9.45. The van der Waals surface area contributed by atoms with Crippen LogP contribution in [0, 0.1) is 0 Å². The van der Waals surface area contributed by atoms with Gasteiger partial charge in [0.2, 0.25) is 0 Å². The van der Waals surface area contributed by atoms with Gasteiger partial charge >= 0.3 is 0 Å². The molecule has 0 spiro atoms. The lowest BCUT2D eigenvalue weighted by Gasteiger charge is -2.15. The van der Waals surface area contributed by atoms with Gasteiger partial charge in [-0.25, -0.2) is 0 Å². The van der Waals surface area contributed by atoms with E-state index in [2.05, 4.69) is 60.7 Å². The van der Waals surface area contributed by atoms with Gasteiger partial charge in [0.15, 0.2) is 0 Å². The van der Waals surface area contributed by atoms with Crippen LogP contribution in [0.3, 0.4) is 0 Å². The Balaban J connectivity index is 1.42. The van der Waals surface area contributed by atoms with Gasteiger partial charge in [-0.3, -0.25) is 0 Å². The summed E-state index contributed by atoms with van der Waals surface area (Å²) in [7, 11) is 0. The van der Waals surface area contributed by atoms with Crippen LogP contribution < -0.4 is 11.5 Å². The zero-order valence-electron chi connectivity index (χ0n) is 18.8. The Labute approximate surface area is 210 Å². The van der Waals surface area contributed by atoms with Gasteiger partial charge in [-0.15, -0.1) is 0 Å². The summed E-state index contributed by atoms with van der Waals surface area (Å²) in [6, 6.07) is 25.6. The smallest absolute Gasteiger partial charge is 0.0563 e. The van der Waals surface area contributed by atoms with Crippen LogP contribution in [-0.4, -0.2) is 0 Å². The van der Waals surface area contributed by atoms with E-state index in [1.54, 1.807) is 0 Å². The molecule has 0 aliphatic heterocycles. The molecule has 0 saturated carbocycles. The van der Waals surface area contributed by atoms with Crippen molar-refractivity contribution in [2.45, 2.75) is 37.8 Å². The molecule has 6 rings (SSSR count). The molecule has 170 valence electrons. The van der Waals surface area contributed by atoms with Crippen molar-refractivity contribution in [1.29, 1.82) is 0 Å². The van der Waals surface area contributed by atoms with E-state index in [0.717, 1.165) is 59.1 Å². The molecule has 0 radical (unpaired) electrons. The molecule has 4 aromatic carbocycles. The van der Waals surface area contributed by atoms with Crippen LogP contribution in [0.2, 0.25) is 10.0 Å². The van der Waals surface area contributed by atoms with Crippen LogP contribution in [0.4, 0.5) is 0 Å². The average Bonchev–Trinajstić information content (AvgIpc) is 3.41. The molecule has 2 aliphatic carbocycles. The Hall–Kier alpha value is -2.62. The number of hydrogen-bond donors (Lipinski definition) is 2. The maximum absolute atomic E-state index is 7.02. The Morgan fingerprint density at radius 3 is 1.41 bits per heavy atom. The predicted molar refractivity (Wildman–Crippen MR) is 143 cm³/mol. The molecule has 4 aromatic rings. The van der Waals surface area contributed by atoms with Crippen molar-refractivity contribution in [2.24, 2.45) is 11.5 Å². The second kappa shape index (κ2) is 8.55. The summed E-state index contributed by atoms with van der Waals surface area (Å²) in [5.74, 6) is 0. The summed E-state index contributed by atoms with van der Waals surface area (Å²) in [6.45, 7) is 0. The zero-order valence-corrected chi connectivity index (χ0v) is 20.3. The van der Waals surface area contributed by atoms with E-state index in [1.807, 2.05) is 12.1 Å². The van der Waals surface area contributed by atoms with Crippen LogP contribution in [0.1, 0.15) is 47.2 Å². The zero-order chi connectivity index (χ0) is 23.4. The van der Waals surface area contributed by atoms with Gasteiger partial charge in [-0.05, 0) is 59.1 Å². The Kier molecular flexibility index (Phi) is 5.50. The van der Waals surface area contributed by atoms with Gasteiger partial charge < -0.3 is 11.5 Å². The molecule has 0 saturated heterocycles. The van der Waals surface area contributed by atoms with Crippen molar-refractivity contribution in [3.8, 4) is 33.4 Å². The maximum Gasteiger partial charge on any atom is 0.0563 e. The molecule has 2 nitrogen and oxygen atoms in total. The summed E-state index contributed by atoms with van der Waals surface area (Å²) in [6.07, 6.45) is 4.04. The Morgan fingerprint density at radius 1 is 0.559 bits per heavy atom. The molecule has 4 N–H and O–H groups in total. The topological polar surface area (TPSA) is 52.0 Å². The standard InChI is InChI=1S/C30H26Cl2N2/c31-29-23(19-7-11-21-17(15-19)9-13-27(21)33)3-1-5-25(29)26-6-2-4-24(30(26)32)20-8-12-22-18(16-20)10-14-28(22)34/h1-8,11-12,15-16,27-28H,9-10,13-14,33-34H2. The molecule has 0 heterocycles. The number of nitrogens with two attached hydrogens (primary N) is 2. The molecule has 0 fully saturated rings. The highest BCUT2D eigenvalue weighted by atomic mass is 35.5. The van der Waals surface area contributed by atoms with E-state index in [0.29, 0.717) is 10.0 Å². The number of aryl methyl sites for hydroxylation is 2. The molecule has 2 atom stereocenters. The van der Waals surface area contributed by atoms with Crippen molar-refractivity contribution < 1.29 is 0 Å². The maximum atomic E-state index is 7.02. The van der Waals surface area contributed by atoms with Crippen LogP contribution in [0.25, 0.3) is 33.4 Å². The minimum absolute atomic E-state index is 0.141. The van der Waals surface area contributed by atoms with E-state index in [-0.39, 0.29) is 12.1 Å². The first-order chi connectivity index (χ1) is 16.5. The number of hydrogen-bond acceptors (Lipinski definition) is 2. The highest BCUT2D eigenvalue weighted by Gasteiger charge is 2.22. The Morgan fingerprint density at radius 2 is 0.971 bits per heavy atom. The highest BCUT2D eigenvalue weighted by molar-refractivity contribution is 6.39. The third-order valence-electron chi connectivity index (χ3n) is 7.44. The lowest BCUT2D eigenvalue weighted by molar-refractivity contribution is 0.713. The first-order valence-electron chi connectivity index (χ1n) is 11.9. The summed E-state index contributed by atoms with van der Waals surface area (Å²) in [4.78, 5) is 0. The van der Waals surface area contributed by atoms with Crippen molar-refractivity contribution in [2.75, 3.05) is 0 Å². The third kappa shape index (κ3) is 3.57. The van der Waals surface area contributed by atoms with Crippen molar-refractivity contribution >= 4 is 23.2 Å². The third-order valence-corrected chi connectivity index (χ3v) is 8.26. The molecule has 34 heavy (non-hydrogen) atoms. The largest absolute Gasteiger partial charge is 0.324 e. The second-order valence-corrected chi connectivity index (χ2v) is 10.2. The molecule has 0 bridgehead atoms. The summed E-state index contributed by atoms with van der Waals surface area (Å²) in [5, 5.41) is 1.42. The predicted octanol–water partition coefficient (Wildman–Crippen LogP) is 7.89.